The van der Waals surface area contributed by atoms with Crippen LogP contribution in [0.4, 0.5) is 0 Å². The van der Waals surface area contributed by atoms with Gasteiger partial charge in [-0.1, -0.05) is 11.3 Å². The Bertz CT molecular complexity index is 629. The fourth-order valence-corrected chi connectivity index (χ4v) is 2.46. The molecule has 2 aromatic heterocycles. The Hall–Kier alpha value is -1.28. The normalized spacial score (nSPS) is 10.6. The highest BCUT2D eigenvalue weighted by atomic mass is 79.9. The Morgan fingerprint density at radius 2 is 2.25 bits per heavy atom. The van der Waals surface area contributed by atoms with E-state index in [1.165, 1.54) is 22.0 Å². The van der Waals surface area contributed by atoms with Gasteiger partial charge in [-0.05, 0) is 22.9 Å². The van der Waals surface area contributed by atoms with Crippen molar-refractivity contribution in [3.63, 3.8) is 0 Å². The van der Waals surface area contributed by atoms with Gasteiger partial charge >= 0.3 is 5.69 Å². The highest BCUT2D eigenvalue weighted by molar-refractivity contribution is 9.11. The minimum atomic E-state index is -0.434. The van der Waals surface area contributed by atoms with E-state index in [-0.39, 0.29) is 0 Å². The summed E-state index contributed by atoms with van der Waals surface area (Å²) in [6, 6.07) is 1.37. The van der Waals surface area contributed by atoms with Gasteiger partial charge < -0.3 is 0 Å². The smallest absolute Gasteiger partial charge is 0.291 e. The number of nitrogens with zero attached hydrogens (tertiary/aromatic N) is 3. The summed E-state index contributed by atoms with van der Waals surface area (Å²) >= 11 is 4.54. The third-order valence-corrected chi connectivity index (χ3v) is 3.32. The summed E-state index contributed by atoms with van der Waals surface area (Å²) in [7, 11) is 0. The first kappa shape index (κ1) is 11.2. The fraction of sp³-hybridized carbons (Fsp3) is 0.250. The molecule has 0 aliphatic carbocycles. The van der Waals surface area contributed by atoms with Crippen LogP contribution >= 0.6 is 27.3 Å². The maximum atomic E-state index is 11.5. The van der Waals surface area contributed by atoms with Gasteiger partial charge in [-0.25, -0.2) is 4.79 Å². The van der Waals surface area contributed by atoms with Crippen LogP contribution in [0.5, 0.6) is 0 Å². The summed E-state index contributed by atoms with van der Waals surface area (Å²) in [5, 5.41) is 8.37. The first-order chi connectivity index (χ1) is 7.56. The van der Waals surface area contributed by atoms with Crippen LogP contribution in [0, 0.1) is 6.92 Å². The van der Waals surface area contributed by atoms with Crippen LogP contribution in [0.1, 0.15) is 10.7 Å². The first-order valence-corrected chi connectivity index (χ1v) is 5.96. The van der Waals surface area contributed by atoms with Gasteiger partial charge in [0.25, 0.3) is 5.56 Å². The zero-order valence-electron chi connectivity index (χ0n) is 8.23. The molecular weight excluding hydrogens is 296 g/mol. The number of hydrogen-bond donors (Lipinski definition) is 1. The molecule has 0 aliphatic heterocycles. The molecule has 0 amide bonds. The number of aromatic nitrogens is 4. The van der Waals surface area contributed by atoms with Crippen molar-refractivity contribution in [2.75, 3.05) is 0 Å². The molecule has 0 unspecified atom stereocenters. The SMILES string of the molecule is Cc1cc(=O)[nH]c(=O)n1Cc1nnc(Br)s1. The third kappa shape index (κ3) is 2.27. The van der Waals surface area contributed by atoms with E-state index in [0.29, 0.717) is 21.2 Å². The minimum absolute atomic E-state index is 0.310. The van der Waals surface area contributed by atoms with Gasteiger partial charge in [0.05, 0.1) is 6.54 Å². The quantitative estimate of drug-likeness (QED) is 0.876. The van der Waals surface area contributed by atoms with Gasteiger partial charge in [-0.3, -0.25) is 14.3 Å². The van der Waals surface area contributed by atoms with Crippen molar-refractivity contribution in [1.29, 1.82) is 0 Å². The fourth-order valence-electron chi connectivity index (χ4n) is 1.27. The highest BCUT2D eigenvalue weighted by Gasteiger charge is 2.06. The molecule has 6 nitrogen and oxygen atoms in total. The topological polar surface area (TPSA) is 80.6 Å². The second-order valence-corrected chi connectivity index (χ2v) is 5.45. The zero-order valence-corrected chi connectivity index (χ0v) is 10.6. The average molecular weight is 303 g/mol. The van der Waals surface area contributed by atoms with Gasteiger partial charge in [0, 0.05) is 11.8 Å². The Kier molecular flexibility index (Phi) is 3.01. The number of aromatic amines is 1. The lowest BCUT2D eigenvalue weighted by molar-refractivity contribution is 0.684. The lowest BCUT2D eigenvalue weighted by atomic mass is 10.4. The van der Waals surface area contributed by atoms with Crippen molar-refractivity contribution in [3.8, 4) is 0 Å². The van der Waals surface area contributed by atoms with E-state index in [9.17, 15) is 9.59 Å². The van der Waals surface area contributed by atoms with Gasteiger partial charge in [0.2, 0.25) is 0 Å². The van der Waals surface area contributed by atoms with E-state index in [2.05, 4.69) is 31.1 Å². The number of hydrogen-bond acceptors (Lipinski definition) is 5. The molecule has 0 aliphatic rings. The summed E-state index contributed by atoms with van der Waals surface area (Å²) < 4.78 is 2.10. The summed E-state index contributed by atoms with van der Waals surface area (Å²) in [6.45, 7) is 2.01. The molecule has 0 aromatic carbocycles. The molecule has 0 fully saturated rings. The lowest BCUT2D eigenvalue weighted by Gasteiger charge is -2.05. The maximum absolute atomic E-state index is 11.5. The van der Waals surface area contributed by atoms with Crippen LogP contribution in [0.25, 0.3) is 0 Å². The van der Waals surface area contributed by atoms with E-state index in [1.54, 1.807) is 6.92 Å². The summed E-state index contributed by atoms with van der Waals surface area (Å²) in [6.07, 6.45) is 0. The molecule has 0 bridgehead atoms. The van der Waals surface area contributed by atoms with Crippen LogP contribution in [-0.4, -0.2) is 19.7 Å². The number of aryl methyl sites for hydroxylation is 1. The maximum Gasteiger partial charge on any atom is 0.328 e. The van der Waals surface area contributed by atoms with Crippen molar-refractivity contribution in [2.24, 2.45) is 0 Å². The van der Waals surface area contributed by atoms with Crippen molar-refractivity contribution in [3.05, 3.63) is 41.5 Å². The Labute approximate surface area is 102 Å². The molecule has 0 saturated carbocycles. The van der Waals surface area contributed by atoms with Crippen molar-refractivity contribution in [2.45, 2.75) is 13.5 Å². The van der Waals surface area contributed by atoms with E-state index in [4.69, 9.17) is 0 Å². The number of nitrogens with one attached hydrogen (secondary N) is 1. The predicted octanol–water partition coefficient (Wildman–Crippen LogP) is 0.507. The predicted molar refractivity (Wildman–Crippen MR) is 62.8 cm³/mol. The first-order valence-electron chi connectivity index (χ1n) is 4.35. The molecule has 0 saturated heterocycles. The summed E-state index contributed by atoms with van der Waals surface area (Å²) in [4.78, 5) is 24.7. The second-order valence-electron chi connectivity index (χ2n) is 3.12. The second kappa shape index (κ2) is 4.30. The van der Waals surface area contributed by atoms with E-state index >= 15 is 0 Å². The van der Waals surface area contributed by atoms with Crippen LogP contribution in [0.15, 0.2) is 19.6 Å². The van der Waals surface area contributed by atoms with E-state index in [0.717, 1.165) is 0 Å². The standard InChI is InChI=1S/C8H7BrN4O2S/c1-4-2-5(14)10-8(15)13(4)3-6-11-12-7(9)16-6/h2H,3H2,1H3,(H,10,14,15). The van der Waals surface area contributed by atoms with Crippen LogP contribution in [-0.2, 0) is 6.54 Å². The number of H-pyrrole nitrogens is 1. The lowest BCUT2D eigenvalue weighted by Crippen LogP contribution is -2.31. The Balaban J connectivity index is 2.42. The van der Waals surface area contributed by atoms with Crippen LogP contribution in [0.3, 0.4) is 0 Å². The van der Waals surface area contributed by atoms with Gasteiger partial charge in [0.15, 0.2) is 3.92 Å². The van der Waals surface area contributed by atoms with E-state index < -0.39 is 11.2 Å². The third-order valence-electron chi connectivity index (χ3n) is 1.98. The van der Waals surface area contributed by atoms with Crippen molar-refractivity contribution >= 4 is 27.3 Å². The van der Waals surface area contributed by atoms with Gasteiger partial charge in [-0.15, -0.1) is 10.2 Å². The molecule has 2 rings (SSSR count). The highest BCUT2D eigenvalue weighted by Crippen LogP contribution is 2.16. The van der Waals surface area contributed by atoms with E-state index in [1.807, 2.05) is 0 Å². The summed E-state index contributed by atoms with van der Waals surface area (Å²) in [5.74, 6) is 0. The molecule has 0 atom stereocenters. The zero-order chi connectivity index (χ0) is 11.7. The molecule has 2 aromatic rings. The van der Waals surface area contributed by atoms with Crippen molar-refractivity contribution < 1.29 is 0 Å². The van der Waals surface area contributed by atoms with Crippen LogP contribution < -0.4 is 11.2 Å². The number of rotatable bonds is 2. The molecule has 1 N–H and O–H groups in total. The molecular formula is C8H7BrN4O2S. The Morgan fingerprint density at radius 3 is 2.81 bits per heavy atom. The molecule has 0 spiro atoms. The average Bonchev–Trinajstić information content (AvgIpc) is 2.58. The summed E-state index contributed by atoms with van der Waals surface area (Å²) in [5.41, 5.74) is -0.228. The van der Waals surface area contributed by atoms with Crippen LogP contribution in [0.2, 0.25) is 0 Å². The molecule has 0 radical (unpaired) electrons. The van der Waals surface area contributed by atoms with Gasteiger partial charge in [-0.2, -0.15) is 0 Å². The molecule has 8 heteroatoms. The molecule has 16 heavy (non-hydrogen) atoms. The molecule has 2 heterocycles. The van der Waals surface area contributed by atoms with Gasteiger partial charge in [0.1, 0.15) is 5.01 Å². The minimum Gasteiger partial charge on any atom is -0.291 e. The largest absolute Gasteiger partial charge is 0.328 e. The molecule has 84 valence electrons. The Morgan fingerprint density at radius 1 is 1.50 bits per heavy atom. The monoisotopic (exact) mass is 302 g/mol. The van der Waals surface area contributed by atoms with Crippen molar-refractivity contribution in [1.82, 2.24) is 19.7 Å². The number of halogens is 1.